The fourth-order valence-electron chi connectivity index (χ4n) is 1.15. The van der Waals surface area contributed by atoms with Crippen LogP contribution in [0.1, 0.15) is 10.4 Å². The Morgan fingerprint density at radius 2 is 2.06 bits per heavy atom. The molecule has 0 heterocycles. The molecule has 0 bridgehead atoms. The van der Waals surface area contributed by atoms with E-state index in [9.17, 15) is 9.59 Å². The van der Waals surface area contributed by atoms with Gasteiger partial charge in [-0.2, -0.15) is 0 Å². The highest BCUT2D eigenvalue weighted by Gasteiger charge is 2.03. The van der Waals surface area contributed by atoms with Crippen LogP contribution in [0.4, 0.5) is 5.69 Å². The van der Waals surface area contributed by atoms with Crippen molar-refractivity contribution in [3.05, 3.63) is 29.8 Å². The lowest BCUT2D eigenvalue weighted by atomic mass is 10.2. The SMILES string of the molecule is COCCNC(=O)c1ccc(NC=O)cc1. The fourth-order valence-corrected chi connectivity index (χ4v) is 1.15. The minimum atomic E-state index is -0.158. The van der Waals surface area contributed by atoms with E-state index in [1.165, 1.54) is 0 Å². The molecule has 0 unspecified atom stereocenters. The van der Waals surface area contributed by atoms with Gasteiger partial charge in [-0.15, -0.1) is 0 Å². The smallest absolute Gasteiger partial charge is 0.251 e. The molecule has 0 aromatic heterocycles. The van der Waals surface area contributed by atoms with E-state index in [4.69, 9.17) is 4.74 Å². The van der Waals surface area contributed by atoms with Gasteiger partial charge in [0.1, 0.15) is 0 Å². The summed E-state index contributed by atoms with van der Waals surface area (Å²) >= 11 is 0. The molecule has 0 aliphatic rings. The standard InChI is InChI=1S/C11H14N2O3/c1-16-7-6-12-11(15)9-2-4-10(5-3-9)13-8-14/h2-5,8H,6-7H2,1H3,(H,12,15)(H,13,14). The van der Waals surface area contributed by atoms with Crippen molar-refractivity contribution in [2.24, 2.45) is 0 Å². The molecule has 0 radical (unpaired) electrons. The summed E-state index contributed by atoms with van der Waals surface area (Å²) in [5, 5.41) is 5.19. The lowest BCUT2D eigenvalue weighted by Crippen LogP contribution is -2.26. The van der Waals surface area contributed by atoms with Crippen LogP contribution < -0.4 is 10.6 Å². The maximum atomic E-state index is 11.5. The van der Waals surface area contributed by atoms with Gasteiger partial charge in [0, 0.05) is 24.9 Å². The van der Waals surface area contributed by atoms with E-state index in [1.807, 2.05) is 0 Å². The van der Waals surface area contributed by atoms with Crippen LogP contribution in [-0.2, 0) is 9.53 Å². The highest BCUT2D eigenvalue weighted by Crippen LogP contribution is 2.08. The summed E-state index contributed by atoms with van der Waals surface area (Å²) in [5.74, 6) is -0.158. The number of nitrogens with one attached hydrogen (secondary N) is 2. The first kappa shape index (κ1) is 12.2. The monoisotopic (exact) mass is 222 g/mol. The van der Waals surface area contributed by atoms with Crippen molar-refractivity contribution in [1.82, 2.24) is 5.32 Å². The lowest BCUT2D eigenvalue weighted by molar-refractivity contribution is -0.105. The third kappa shape index (κ3) is 3.70. The summed E-state index contributed by atoms with van der Waals surface area (Å²) in [7, 11) is 1.58. The van der Waals surface area contributed by atoms with Gasteiger partial charge in [-0.05, 0) is 24.3 Å². The first-order valence-corrected chi connectivity index (χ1v) is 4.85. The number of hydrogen-bond donors (Lipinski definition) is 2. The molecule has 0 aliphatic carbocycles. The van der Waals surface area contributed by atoms with Crippen LogP contribution in [0.25, 0.3) is 0 Å². The maximum absolute atomic E-state index is 11.5. The second kappa shape index (κ2) is 6.58. The molecule has 5 heteroatoms. The molecule has 0 saturated carbocycles. The summed E-state index contributed by atoms with van der Waals surface area (Å²) in [5.41, 5.74) is 1.20. The van der Waals surface area contributed by atoms with Gasteiger partial charge in [-0.3, -0.25) is 9.59 Å². The van der Waals surface area contributed by atoms with E-state index in [1.54, 1.807) is 31.4 Å². The van der Waals surface area contributed by atoms with E-state index in [0.29, 0.717) is 30.8 Å². The van der Waals surface area contributed by atoms with Crippen molar-refractivity contribution in [2.75, 3.05) is 25.6 Å². The molecular formula is C11H14N2O3. The number of carbonyl (C=O) groups excluding carboxylic acids is 2. The predicted octanol–water partition coefficient (Wildman–Crippen LogP) is 0.631. The van der Waals surface area contributed by atoms with Crippen LogP contribution in [0.15, 0.2) is 24.3 Å². The Labute approximate surface area is 93.8 Å². The normalized spacial score (nSPS) is 9.56. The van der Waals surface area contributed by atoms with Crippen LogP contribution >= 0.6 is 0 Å². The summed E-state index contributed by atoms with van der Waals surface area (Å²) in [6.07, 6.45) is 0.591. The van der Waals surface area contributed by atoms with Crippen molar-refractivity contribution in [3.63, 3.8) is 0 Å². The lowest BCUT2D eigenvalue weighted by Gasteiger charge is -2.05. The van der Waals surface area contributed by atoms with Crippen molar-refractivity contribution >= 4 is 18.0 Å². The van der Waals surface area contributed by atoms with E-state index in [-0.39, 0.29) is 5.91 Å². The van der Waals surface area contributed by atoms with E-state index >= 15 is 0 Å². The molecule has 0 fully saturated rings. The summed E-state index contributed by atoms with van der Waals surface area (Å²) in [6.45, 7) is 0.959. The highest BCUT2D eigenvalue weighted by atomic mass is 16.5. The molecular weight excluding hydrogens is 208 g/mol. The number of ether oxygens (including phenoxy) is 1. The number of rotatable bonds is 6. The van der Waals surface area contributed by atoms with Crippen molar-refractivity contribution in [2.45, 2.75) is 0 Å². The van der Waals surface area contributed by atoms with Gasteiger partial charge in [0.2, 0.25) is 6.41 Å². The topological polar surface area (TPSA) is 67.4 Å². The van der Waals surface area contributed by atoms with Crippen LogP contribution in [-0.4, -0.2) is 32.6 Å². The Balaban J connectivity index is 2.52. The molecule has 0 atom stereocenters. The van der Waals surface area contributed by atoms with Crippen LogP contribution in [0.3, 0.4) is 0 Å². The molecule has 0 spiro atoms. The molecule has 0 aliphatic heterocycles. The van der Waals surface area contributed by atoms with E-state index < -0.39 is 0 Å². The van der Waals surface area contributed by atoms with E-state index in [0.717, 1.165) is 0 Å². The van der Waals surface area contributed by atoms with Crippen LogP contribution in [0.2, 0.25) is 0 Å². The summed E-state index contributed by atoms with van der Waals surface area (Å²) < 4.78 is 4.82. The molecule has 0 saturated heterocycles. The highest BCUT2D eigenvalue weighted by molar-refractivity contribution is 5.94. The number of benzene rings is 1. The van der Waals surface area contributed by atoms with Gasteiger partial charge in [-0.25, -0.2) is 0 Å². The summed E-state index contributed by atoms with van der Waals surface area (Å²) in [6, 6.07) is 6.63. The van der Waals surface area contributed by atoms with Crippen LogP contribution in [0, 0.1) is 0 Å². The molecule has 5 nitrogen and oxygen atoms in total. The second-order valence-electron chi connectivity index (χ2n) is 3.09. The Morgan fingerprint density at radius 3 is 2.62 bits per heavy atom. The Bertz CT molecular complexity index is 349. The predicted molar refractivity (Wildman–Crippen MR) is 60.3 cm³/mol. The fraction of sp³-hybridized carbons (Fsp3) is 0.273. The molecule has 16 heavy (non-hydrogen) atoms. The van der Waals surface area contributed by atoms with Gasteiger partial charge in [0.15, 0.2) is 0 Å². The number of amides is 2. The number of hydrogen-bond acceptors (Lipinski definition) is 3. The molecule has 2 N–H and O–H groups in total. The number of anilines is 1. The quantitative estimate of drug-likeness (QED) is 0.548. The van der Waals surface area contributed by atoms with Crippen molar-refractivity contribution in [1.29, 1.82) is 0 Å². The number of methoxy groups -OCH3 is 1. The average Bonchev–Trinajstić information content (AvgIpc) is 2.30. The van der Waals surface area contributed by atoms with Crippen molar-refractivity contribution in [3.8, 4) is 0 Å². The van der Waals surface area contributed by atoms with Crippen LogP contribution in [0.5, 0.6) is 0 Å². The zero-order valence-electron chi connectivity index (χ0n) is 9.03. The van der Waals surface area contributed by atoms with E-state index in [2.05, 4.69) is 10.6 Å². The van der Waals surface area contributed by atoms with Gasteiger partial charge < -0.3 is 15.4 Å². The minimum Gasteiger partial charge on any atom is -0.383 e. The zero-order valence-corrected chi connectivity index (χ0v) is 9.03. The zero-order chi connectivity index (χ0) is 11.8. The molecule has 2 amide bonds. The Kier molecular flexibility index (Phi) is 5.01. The van der Waals surface area contributed by atoms with Gasteiger partial charge in [-0.1, -0.05) is 0 Å². The van der Waals surface area contributed by atoms with Crippen molar-refractivity contribution < 1.29 is 14.3 Å². The number of carbonyl (C=O) groups is 2. The molecule has 1 aromatic rings. The van der Waals surface area contributed by atoms with Gasteiger partial charge >= 0.3 is 0 Å². The van der Waals surface area contributed by atoms with Gasteiger partial charge in [0.25, 0.3) is 5.91 Å². The molecule has 86 valence electrons. The first-order valence-electron chi connectivity index (χ1n) is 4.85. The Hall–Kier alpha value is -1.88. The molecule has 1 aromatic carbocycles. The second-order valence-corrected chi connectivity index (χ2v) is 3.09. The third-order valence-electron chi connectivity index (χ3n) is 1.96. The average molecular weight is 222 g/mol. The summed E-state index contributed by atoms with van der Waals surface area (Å²) in [4.78, 5) is 21.7. The largest absolute Gasteiger partial charge is 0.383 e. The third-order valence-corrected chi connectivity index (χ3v) is 1.96. The molecule has 1 rings (SSSR count). The maximum Gasteiger partial charge on any atom is 0.251 e. The van der Waals surface area contributed by atoms with Gasteiger partial charge in [0.05, 0.1) is 6.61 Å². The first-order chi connectivity index (χ1) is 7.77. The Morgan fingerprint density at radius 1 is 1.38 bits per heavy atom. The minimum absolute atomic E-state index is 0.158.